The molecule has 0 spiro atoms. The maximum atomic E-state index is 13.3. The maximum Gasteiger partial charge on any atom is 0.265 e. The van der Waals surface area contributed by atoms with E-state index in [0.717, 1.165) is 132 Å². The van der Waals surface area contributed by atoms with Gasteiger partial charge in [0.15, 0.2) is 5.71 Å². The minimum absolute atomic E-state index is 0.0212. The summed E-state index contributed by atoms with van der Waals surface area (Å²) < 4.78 is 67.6. The highest BCUT2D eigenvalue weighted by molar-refractivity contribution is 7.86. The zero-order valence-electron chi connectivity index (χ0n) is 46.5. The number of rotatable bonds is 28. The summed E-state index contributed by atoms with van der Waals surface area (Å²) in [5.41, 5.74) is 11.0. The maximum absolute atomic E-state index is 13.3. The molecule has 7 rings (SSSR count). The van der Waals surface area contributed by atoms with E-state index in [1.54, 1.807) is 0 Å². The molecule has 2 radical (unpaired) electrons. The largest absolute Gasteiger partial charge is 0.370 e. The lowest BCUT2D eigenvalue weighted by Gasteiger charge is -2.27. The summed E-state index contributed by atoms with van der Waals surface area (Å²) in [7, 11) is -6.14. The lowest BCUT2D eigenvalue weighted by molar-refractivity contribution is -0.437. The minimum atomic E-state index is -4.14. The second-order valence-electron chi connectivity index (χ2n) is 22.1. The quantitative estimate of drug-likeness (QED) is 0.0182. The number of pyridine rings is 1. The summed E-state index contributed by atoms with van der Waals surface area (Å²) >= 11 is 0. The van der Waals surface area contributed by atoms with Crippen molar-refractivity contribution in [1.29, 1.82) is 0 Å². The predicted molar refractivity (Wildman–Crippen MR) is 313 cm³/mol. The third-order valence-electron chi connectivity index (χ3n) is 15.2. The molecule has 5 heterocycles. The molecule has 0 aliphatic carbocycles. The fourth-order valence-electron chi connectivity index (χ4n) is 11.0. The molecule has 0 saturated heterocycles. The lowest BCUT2D eigenvalue weighted by Crippen LogP contribution is -2.28. The number of benzene rings is 2. The number of para-hydroxylation sites is 1. The van der Waals surface area contributed by atoms with Crippen molar-refractivity contribution in [2.75, 3.05) is 54.9 Å². The fourth-order valence-corrected chi connectivity index (χ4v) is 12.0. The van der Waals surface area contributed by atoms with Crippen molar-refractivity contribution in [2.24, 2.45) is 0 Å². The van der Waals surface area contributed by atoms with Crippen LogP contribution in [0.5, 0.6) is 0 Å². The number of hydrogen-bond donors (Lipinski definition) is 4. The highest BCUT2D eigenvalue weighted by atomic mass is 32.2. The van der Waals surface area contributed by atoms with Crippen LogP contribution in [0.15, 0.2) is 109 Å². The number of unbranched alkanes of at least 4 members (excludes halogenated alkanes) is 3. The molecule has 17 heteroatoms. The summed E-state index contributed by atoms with van der Waals surface area (Å²) in [6.07, 6.45) is 27.2. The van der Waals surface area contributed by atoms with Crippen molar-refractivity contribution in [3.8, 4) is 0 Å². The molecular formula is C61H81N8O7S2+. The number of amides is 1. The molecule has 15 nitrogen and oxygen atoms in total. The van der Waals surface area contributed by atoms with Gasteiger partial charge in [0.1, 0.15) is 18.2 Å². The second kappa shape index (κ2) is 26.9. The topological polar surface area (TPSA) is 198 Å². The number of hydrogen-bond acceptors (Lipinski definition) is 11. The number of nitrogens with zero attached hydrogens (tertiary/aromatic N) is 6. The Morgan fingerprint density at radius 1 is 0.885 bits per heavy atom. The minimum Gasteiger partial charge on any atom is -0.370 e. The van der Waals surface area contributed by atoms with Gasteiger partial charge in [-0.05, 0) is 138 Å². The van der Waals surface area contributed by atoms with Gasteiger partial charge in [-0.1, -0.05) is 93.8 Å². The van der Waals surface area contributed by atoms with Crippen molar-refractivity contribution in [3.05, 3.63) is 161 Å². The first-order valence-electron chi connectivity index (χ1n) is 27.6. The van der Waals surface area contributed by atoms with Gasteiger partial charge < -0.3 is 20.4 Å². The van der Waals surface area contributed by atoms with Crippen LogP contribution in [-0.2, 0) is 61.8 Å². The molecule has 0 fully saturated rings. The van der Waals surface area contributed by atoms with Crippen molar-refractivity contribution in [1.82, 2.24) is 25.2 Å². The Kier molecular flexibility index (Phi) is 20.6. The number of nitrogens with one attached hydrogen (secondary N) is 2. The normalized spacial score (nSPS) is 16.9. The van der Waals surface area contributed by atoms with Crippen molar-refractivity contribution < 1.29 is 35.3 Å². The van der Waals surface area contributed by atoms with Crippen molar-refractivity contribution in [2.45, 2.75) is 142 Å². The van der Waals surface area contributed by atoms with E-state index in [1.807, 2.05) is 74.0 Å². The predicted octanol–water partition coefficient (Wildman–Crippen LogP) is 10.3. The monoisotopic (exact) mass is 1100 g/mol. The van der Waals surface area contributed by atoms with Crippen LogP contribution < -0.4 is 15.5 Å². The molecule has 3 aliphatic heterocycles. The van der Waals surface area contributed by atoms with Gasteiger partial charge in [0, 0.05) is 91.6 Å². The van der Waals surface area contributed by atoms with Crippen LogP contribution >= 0.6 is 0 Å². The van der Waals surface area contributed by atoms with Crippen LogP contribution in [-0.4, -0.2) is 107 Å². The van der Waals surface area contributed by atoms with E-state index < -0.39 is 25.7 Å². The van der Waals surface area contributed by atoms with Crippen LogP contribution in [0.4, 0.5) is 17.2 Å². The van der Waals surface area contributed by atoms with E-state index in [1.165, 1.54) is 5.56 Å². The smallest absolute Gasteiger partial charge is 0.265 e. The number of aryl methyl sites for hydroxylation is 3. The van der Waals surface area contributed by atoms with Gasteiger partial charge in [-0.15, -0.1) is 0 Å². The van der Waals surface area contributed by atoms with Crippen LogP contribution in [0.3, 0.4) is 0 Å². The van der Waals surface area contributed by atoms with E-state index in [9.17, 15) is 30.7 Å². The second-order valence-corrected chi connectivity index (χ2v) is 25.3. The van der Waals surface area contributed by atoms with Gasteiger partial charge in [-0.2, -0.15) is 21.4 Å². The number of allylic oxidation sites excluding steroid dienone is 8. The van der Waals surface area contributed by atoms with Crippen molar-refractivity contribution in [3.63, 3.8) is 0 Å². The Morgan fingerprint density at radius 3 is 2.37 bits per heavy atom. The Bertz CT molecular complexity index is 3130. The molecular weight excluding hydrogens is 1020 g/mol. The molecule has 3 aliphatic rings. The van der Waals surface area contributed by atoms with Gasteiger partial charge >= 0.3 is 0 Å². The Labute approximate surface area is 464 Å². The number of aromatic nitrogens is 3. The van der Waals surface area contributed by atoms with Crippen LogP contribution in [0, 0.1) is 13.8 Å². The summed E-state index contributed by atoms with van der Waals surface area (Å²) in [4.78, 5) is 31.3. The van der Waals surface area contributed by atoms with Gasteiger partial charge in [-0.25, -0.2) is 15.0 Å². The number of anilines is 2. The van der Waals surface area contributed by atoms with E-state index in [4.69, 9.17) is 11.9 Å². The standard InChI is InChI=1S/C61H80N8O7S2/c1-45(50-42-63-46(2)64-43-50)23-13-11-12-14-26-53-49(40-48-24-19-33-62-59(48)66-53)41-65-58(70)30-20-34-67(7)44-47-31-32-55-52(39-47)61(5,6)57(69(55)36-22-38-78(74,75)76)29-16-10-8-9-15-28-56-60(3,4)51-25-17-18-27-54(51)68(56)35-21-37-77(71,72)73/h1,8-10,15-18,25,27-29,31-32,39-40,42-43,45H,11-14,19-24,26,30,33-38,41,44H2,2-7H3,(H3-,62,65,66,70,71,72,73,74,75,76)/p+1. The van der Waals surface area contributed by atoms with Crippen molar-refractivity contribution >= 4 is 49.0 Å². The number of fused-ring (bicyclic) bond motifs is 3. The zero-order chi connectivity index (χ0) is 56.1. The van der Waals surface area contributed by atoms with Gasteiger partial charge in [0.05, 0.1) is 16.9 Å². The summed E-state index contributed by atoms with van der Waals surface area (Å²) in [6, 6.07) is 16.8. The van der Waals surface area contributed by atoms with E-state index in [0.29, 0.717) is 39.0 Å². The van der Waals surface area contributed by atoms with Gasteiger partial charge in [0.25, 0.3) is 20.2 Å². The molecule has 2 aromatic heterocycles. The third-order valence-corrected chi connectivity index (χ3v) is 16.9. The molecule has 1 amide bonds. The number of carbonyl (C=O) groups is 1. The van der Waals surface area contributed by atoms with Crippen LogP contribution in [0.25, 0.3) is 0 Å². The molecule has 2 aromatic carbocycles. The Balaban J connectivity index is 0.926. The SMILES string of the molecule is [CH]C(CCCCCCc1nc2c(cc1CNC(=O)CCCN(C)Cc1ccc3c(c1)C(C)(C)\C(=C/C=C/C=C/C=C/C1=[N+](CCCS(=O)(=O)O)c4ccccc4C1(C)C)N3CCCS(=O)(=O)O)CCCN2)c1cnc(C)nc1. The fraction of sp³-hybridized carbons (Fsp3) is 0.475. The average molecular weight is 1100 g/mol. The average Bonchev–Trinajstić information content (AvgIpc) is 3.88. The van der Waals surface area contributed by atoms with Crippen LogP contribution in [0.1, 0.15) is 143 Å². The van der Waals surface area contributed by atoms with E-state index in [2.05, 4.69) is 106 Å². The third kappa shape index (κ3) is 16.4. The van der Waals surface area contributed by atoms with Gasteiger partial charge in [0.2, 0.25) is 11.6 Å². The highest BCUT2D eigenvalue weighted by Gasteiger charge is 2.44. The first-order chi connectivity index (χ1) is 37.1. The molecule has 0 saturated carbocycles. The summed E-state index contributed by atoms with van der Waals surface area (Å²) in [5.74, 6) is 1.03. The molecule has 1 unspecified atom stereocenters. The summed E-state index contributed by atoms with van der Waals surface area (Å²) in [5, 5.41) is 6.68. The molecule has 4 aromatic rings. The molecule has 0 bridgehead atoms. The Morgan fingerprint density at radius 2 is 1.60 bits per heavy atom. The first-order valence-corrected chi connectivity index (χ1v) is 30.9. The van der Waals surface area contributed by atoms with E-state index >= 15 is 0 Å². The van der Waals surface area contributed by atoms with E-state index in [-0.39, 0.29) is 41.6 Å². The number of carbonyl (C=O) groups excluding carboxylic acids is 1. The molecule has 78 heavy (non-hydrogen) atoms. The first kappa shape index (κ1) is 59.8. The Hall–Kier alpha value is -5.85. The lowest BCUT2D eigenvalue weighted by atomic mass is 9.81. The highest BCUT2D eigenvalue weighted by Crippen LogP contribution is 2.48. The van der Waals surface area contributed by atoms with Gasteiger partial charge in [-0.3, -0.25) is 13.9 Å². The summed E-state index contributed by atoms with van der Waals surface area (Å²) in [6.45, 7) is 20.5. The van der Waals surface area contributed by atoms with Crippen LogP contribution in [0.2, 0.25) is 0 Å². The zero-order valence-corrected chi connectivity index (χ0v) is 48.2. The molecule has 418 valence electrons. The molecule has 1 atom stereocenters. The molecule has 4 N–H and O–H groups in total.